The molecule has 3 aromatic carbocycles. The van der Waals surface area contributed by atoms with Crippen LogP contribution in [0.15, 0.2) is 91.0 Å². The molecule has 0 spiro atoms. The second kappa shape index (κ2) is 9.49. The number of benzene rings is 3. The zero-order valence-corrected chi connectivity index (χ0v) is 19.4. The first-order valence-corrected chi connectivity index (χ1v) is 11.1. The minimum absolute atomic E-state index is 0.0209. The van der Waals surface area contributed by atoms with E-state index in [-0.39, 0.29) is 11.7 Å². The van der Waals surface area contributed by atoms with Crippen LogP contribution >= 0.6 is 0 Å². The molecule has 0 saturated heterocycles. The molecule has 34 heavy (non-hydrogen) atoms. The van der Waals surface area contributed by atoms with Gasteiger partial charge in [0.05, 0.1) is 16.7 Å². The van der Waals surface area contributed by atoms with Gasteiger partial charge >= 0.3 is 6.09 Å². The highest BCUT2D eigenvalue weighted by molar-refractivity contribution is 5.83. The Bertz CT molecular complexity index is 1190. The molecule has 1 aliphatic rings. The van der Waals surface area contributed by atoms with Crippen molar-refractivity contribution in [2.45, 2.75) is 39.0 Å². The minimum Gasteiger partial charge on any atom is -0.442 e. The smallest absolute Gasteiger partial charge is 0.429 e. The van der Waals surface area contributed by atoms with Gasteiger partial charge in [0.15, 0.2) is 0 Å². The second-order valence-corrected chi connectivity index (χ2v) is 9.09. The van der Waals surface area contributed by atoms with Gasteiger partial charge in [-0.15, -0.1) is 0 Å². The number of amides is 1. The molecule has 0 bridgehead atoms. The number of ether oxygens (including phenoxy) is 1. The maximum Gasteiger partial charge on any atom is 0.429 e. The van der Waals surface area contributed by atoms with Gasteiger partial charge in [-0.3, -0.25) is 10.1 Å². The van der Waals surface area contributed by atoms with Gasteiger partial charge in [0.2, 0.25) is 0 Å². The SMILES string of the molecule is CC(C)(C)OC(=O)N1C(c2ccccc2)=CC(c2ccc([N+](=O)[O-])cc2)N1Cc1ccccc1. The number of hydrogen-bond donors (Lipinski definition) is 0. The molecule has 1 unspecified atom stereocenters. The van der Waals surface area contributed by atoms with Crippen molar-refractivity contribution in [1.82, 2.24) is 10.0 Å². The summed E-state index contributed by atoms with van der Waals surface area (Å²) in [5, 5.41) is 14.7. The summed E-state index contributed by atoms with van der Waals surface area (Å²) < 4.78 is 5.79. The highest BCUT2D eigenvalue weighted by atomic mass is 16.6. The molecule has 1 heterocycles. The van der Waals surface area contributed by atoms with Crippen LogP contribution in [0.2, 0.25) is 0 Å². The molecule has 3 aromatic rings. The molecule has 0 N–H and O–H groups in total. The van der Waals surface area contributed by atoms with Gasteiger partial charge in [0.25, 0.3) is 5.69 Å². The number of nitrogens with zero attached hydrogens (tertiary/aromatic N) is 3. The Morgan fingerprint density at radius 2 is 1.53 bits per heavy atom. The monoisotopic (exact) mass is 457 g/mol. The highest BCUT2D eigenvalue weighted by Gasteiger charge is 2.40. The number of nitro groups is 1. The van der Waals surface area contributed by atoms with Gasteiger partial charge in [-0.25, -0.2) is 9.80 Å². The van der Waals surface area contributed by atoms with Crippen molar-refractivity contribution in [3.05, 3.63) is 118 Å². The molecule has 0 fully saturated rings. The molecular formula is C27H27N3O4. The van der Waals surface area contributed by atoms with Crippen molar-refractivity contribution in [2.24, 2.45) is 0 Å². The van der Waals surface area contributed by atoms with Gasteiger partial charge in [0, 0.05) is 18.7 Å². The lowest BCUT2D eigenvalue weighted by molar-refractivity contribution is -0.384. The fourth-order valence-corrected chi connectivity index (χ4v) is 3.91. The fraction of sp³-hybridized carbons (Fsp3) is 0.222. The molecule has 174 valence electrons. The molecule has 7 heteroatoms. The zero-order valence-electron chi connectivity index (χ0n) is 19.4. The molecular weight excluding hydrogens is 430 g/mol. The van der Waals surface area contributed by atoms with Gasteiger partial charge < -0.3 is 4.74 Å². The third-order valence-electron chi connectivity index (χ3n) is 5.39. The van der Waals surface area contributed by atoms with E-state index < -0.39 is 16.6 Å². The summed E-state index contributed by atoms with van der Waals surface area (Å²) in [5.41, 5.74) is 2.77. The number of carbonyl (C=O) groups is 1. The second-order valence-electron chi connectivity index (χ2n) is 9.09. The minimum atomic E-state index is -0.678. The van der Waals surface area contributed by atoms with Crippen molar-refractivity contribution in [1.29, 1.82) is 0 Å². The first-order chi connectivity index (χ1) is 16.2. The van der Waals surface area contributed by atoms with Crippen LogP contribution in [-0.4, -0.2) is 26.6 Å². The third-order valence-corrected chi connectivity index (χ3v) is 5.39. The summed E-state index contributed by atoms with van der Waals surface area (Å²) in [7, 11) is 0. The predicted octanol–water partition coefficient (Wildman–Crippen LogP) is 6.34. The Labute approximate surface area is 199 Å². The van der Waals surface area contributed by atoms with Gasteiger partial charge in [0.1, 0.15) is 5.60 Å². The number of hydrazine groups is 1. The van der Waals surface area contributed by atoms with E-state index in [0.717, 1.165) is 16.7 Å². The number of non-ortho nitro benzene ring substituents is 1. The van der Waals surface area contributed by atoms with Crippen molar-refractivity contribution < 1.29 is 14.5 Å². The van der Waals surface area contributed by atoms with Crippen LogP contribution in [-0.2, 0) is 11.3 Å². The summed E-state index contributed by atoms with van der Waals surface area (Å²) in [5.74, 6) is 0. The van der Waals surface area contributed by atoms with E-state index in [1.165, 1.54) is 12.1 Å². The standard InChI is InChI=1S/C27H27N3O4/c1-27(2,3)34-26(31)29-25(21-12-8-5-9-13-21)18-24(22-14-16-23(17-15-22)30(32)33)28(29)19-20-10-6-4-7-11-20/h4-18,24H,19H2,1-3H3. The summed E-state index contributed by atoms with van der Waals surface area (Å²) in [6.07, 6.45) is 1.52. The van der Waals surface area contributed by atoms with E-state index in [0.29, 0.717) is 12.2 Å². The first kappa shape index (κ1) is 23.2. The maximum absolute atomic E-state index is 13.5. The lowest BCUT2D eigenvalue weighted by Gasteiger charge is -2.35. The number of rotatable bonds is 5. The summed E-state index contributed by atoms with van der Waals surface area (Å²) in [4.78, 5) is 24.2. The molecule has 1 atom stereocenters. The molecule has 0 radical (unpaired) electrons. The summed E-state index contributed by atoms with van der Waals surface area (Å²) >= 11 is 0. The normalized spacial score (nSPS) is 16.3. The average Bonchev–Trinajstić information content (AvgIpc) is 3.18. The molecule has 7 nitrogen and oxygen atoms in total. The van der Waals surface area contributed by atoms with Gasteiger partial charge in [-0.2, -0.15) is 5.01 Å². The number of nitro benzene ring substituents is 1. The first-order valence-electron chi connectivity index (χ1n) is 11.1. The Balaban J connectivity index is 1.81. The lowest BCUT2D eigenvalue weighted by atomic mass is 10.0. The van der Waals surface area contributed by atoms with Crippen LogP contribution in [0.3, 0.4) is 0 Å². The maximum atomic E-state index is 13.5. The fourth-order valence-electron chi connectivity index (χ4n) is 3.91. The van der Waals surface area contributed by atoms with Crippen molar-refractivity contribution in [2.75, 3.05) is 0 Å². The Hall–Kier alpha value is -3.97. The summed E-state index contributed by atoms with van der Waals surface area (Å²) in [6.45, 7) is 5.95. The van der Waals surface area contributed by atoms with E-state index >= 15 is 0 Å². The van der Waals surface area contributed by atoms with Crippen LogP contribution in [0.1, 0.15) is 43.5 Å². The molecule has 0 aromatic heterocycles. The Kier molecular flexibility index (Phi) is 6.47. The van der Waals surface area contributed by atoms with E-state index in [1.54, 1.807) is 17.1 Å². The van der Waals surface area contributed by atoms with E-state index in [1.807, 2.05) is 92.5 Å². The lowest BCUT2D eigenvalue weighted by Crippen LogP contribution is -2.44. The topological polar surface area (TPSA) is 75.9 Å². The molecule has 4 rings (SSSR count). The molecule has 0 saturated carbocycles. The van der Waals surface area contributed by atoms with Crippen molar-refractivity contribution in [3.8, 4) is 0 Å². The Morgan fingerprint density at radius 3 is 2.09 bits per heavy atom. The third kappa shape index (κ3) is 5.15. The Morgan fingerprint density at radius 1 is 0.941 bits per heavy atom. The predicted molar refractivity (Wildman–Crippen MR) is 130 cm³/mol. The van der Waals surface area contributed by atoms with Gasteiger partial charge in [-0.1, -0.05) is 72.8 Å². The molecule has 1 aliphatic heterocycles. The van der Waals surface area contributed by atoms with E-state index in [4.69, 9.17) is 4.74 Å². The van der Waals surface area contributed by atoms with Crippen LogP contribution in [0.4, 0.5) is 10.5 Å². The average molecular weight is 458 g/mol. The highest BCUT2D eigenvalue weighted by Crippen LogP contribution is 2.40. The molecule has 1 amide bonds. The summed E-state index contributed by atoms with van der Waals surface area (Å²) in [6, 6.07) is 25.6. The van der Waals surface area contributed by atoms with Crippen LogP contribution in [0.25, 0.3) is 5.70 Å². The zero-order chi connectivity index (χ0) is 24.3. The van der Waals surface area contributed by atoms with Gasteiger partial charge in [-0.05, 0) is 43.5 Å². The van der Waals surface area contributed by atoms with Crippen LogP contribution in [0.5, 0.6) is 0 Å². The quantitative estimate of drug-likeness (QED) is 0.330. The van der Waals surface area contributed by atoms with Crippen LogP contribution in [0, 0.1) is 10.1 Å². The van der Waals surface area contributed by atoms with E-state index in [9.17, 15) is 14.9 Å². The largest absolute Gasteiger partial charge is 0.442 e. The van der Waals surface area contributed by atoms with Crippen molar-refractivity contribution >= 4 is 17.5 Å². The van der Waals surface area contributed by atoms with E-state index in [2.05, 4.69) is 0 Å². The molecule has 0 aliphatic carbocycles. The number of carbonyl (C=O) groups excluding carboxylic acids is 1. The van der Waals surface area contributed by atoms with Crippen LogP contribution < -0.4 is 0 Å². The van der Waals surface area contributed by atoms with Crippen molar-refractivity contribution in [3.63, 3.8) is 0 Å². The number of hydrogen-bond acceptors (Lipinski definition) is 5.